The minimum atomic E-state index is 0.758. The molecular formula is C16H25N3. The molecule has 0 radical (unpaired) electrons. The Labute approximate surface area is 116 Å². The Kier molecular flexibility index (Phi) is 4.04. The van der Waals surface area contributed by atoms with Crippen LogP contribution >= 0.6 is 0 Å². The molecule has 0 spiro atoms. The van der Waals surface area contributed by atoms with Crippen LogP contribution in [0.4, 0.5) is 5.69 Å². The fourth-order valence-corrected chi connectivity index (χ4v) is 3.46. The van der Waals surface area contributed by atoms with Gasteiger partial charge in [0.15, 0.2) is 0 Å². The molecule has 1 atom stereocenters. The van der Waals surface area contributed by atoms with E-state index in [9.17, 15) is 0 Å². The van der Waals surface area contributed by atoms with Crippen molar-refractivity contribution < 1.29 is 0 Å². The molecule has 19 heavy (non-hydrogen) atoms. The second kappa shape index (κ2) is 5.93. The second-order valence-electron chi connectivity index (χ2n) is 5.87. The molecule has 3 heteroatoms. The largest absolute Gasteiger partial charge is 0.371 e. The first-order valence-electron chi connectivity index (χ1n) is 7.57. The van der Waals surface area contributed by atoms with Gasteiger partial charge >= 0.3 is 0 Å². The molecule has 2 aliphatic rings. The summed E-state index contributed by atoms with van der Waals surface area (Å²) in [5.74, 6) is 0. The number of nitrogens with zero attached hydrogens (tertiary/aromatic N) is 2. The van der Waals surface area contributed by atoms with Crippen molar-refractivity contribution in [2.75, 3.05) is 38.1 Å². The Hall–Kier alpha value is -1.06. The van der Waals surface area contributed by atoms with E-state index in [2.05, 4.69) is 52.5 Å². The number of hydrogen-bond acceptors (Lipinski definition) is 3. The van der Waals surface area contributed by atoms with Crippen LogP contribution in [0.3, 0.4) is 0 Å². The number of nitrogens with one attached hydrogen (secondary N) is 1. The lowest BCUT2D eigenvalue weighted by molar-refractivity contribution is 0.158. The SMILES string of the molecule is CN(C1CCN(c2ccccc2)CC1)C1CCNC1. The summed E-state index contributed by atoms with van der Waals surface area (Å²) < 4.78 is 0. The monoisotopic (exact) mass is 259 g/mol. The molecule has 1 aromatic rings. The third kappa shape index (κ3) is 2.93. The topological polar surface area (TPSA) is 18.5 Å². The smallest absolute Gasteiger partial charge is 0.0366 e. The molecule has 0 saturated carbocycles. The average molecular weight is 259 g/mol. The van der Waals surface area contributed by atoms with Crippen molar-refractivity contribution in [3.63, 3.8) is 0 Å². The van der Waals surface area contributed by atoms with Crippen molar-refractivity contribution in [1.29, 1.82) is 0 Å². The van der Waals surface area contributed by atoms with Crippen LogP contribution in [-0.4, -0.2) is 50.2 Å². The lowest BCUT2D eigenvalue weighted by atomic mass is 10.0. The van der Waals surface area contributed by atoms with E-state index in [1.165, 1.54) is 51.1 Å². The van der Waals surface area contributed by atoms with E-state index in [-0.39, 0.29) is 0 Å². The van der Waals surface area contributed by atoms with Crippen LogP contribution in [0.25, 0.3) is 0 Å². The fraction of sp³-hybridized carbons (Fsp3) is 0.625. The van der Waals surface area contributed by atoms with E-state index < -0.39 is 0 Å². The van der Waals surface area contributed by atoms with Gasteiger partial charge < -0.3 is 10.2 Å². The second-order valence-corrected chi connectivity index (χ2v) is 5.87. The predicted molar refractivity (Wildman–Crippen MR) is 80.7 cm³/mol. The molecule has 2 aliphatic heterocycles. The third-order valence-electron chi connectivity index (χ3n) is 4.77. The minimum Gasteiger partial charge on any atom is -0.371 e. The van der Waals surface area contributed by atoms with E-state index >= 15 is 0 Å². The normalized spacial score (nSPS) is 25.2. The van der Waals surface area contributed by atoms with E-state index in [0.717, 1.165) is 12.1 Å². The van der Waals surface area contributed by atoms with Crippen LogP contribution in [0.2, 0.25) is 0 Å². The van der Waals surface area contributed by atoms with Crippen molar-refractivity contribution in [1.82, 2.24) is 10.2 Å². The summed E-state index contributed by atoms with van der Waals surface area (Å²) >= 11 is 0. The lowest BCUT2D eigenvalue weighted by Gasteiger charge is -2.40. The molecule has 2 heterocycles. The van der Waals surface area contributed by atoms with Crippen LogP contribution in [0.15, 0.2) is 30.3 Å². The van der Waals surface area contributed by atoms with Crippen LogP contribution in [0, 0.1) is 0 Å². The number of piperidine rings is 1. The highest BCUT2D eigenvalue weighted by atomic mass is 15.2. The summed E-state index contributed by atoms with van der Waals surface area (Å²) in [4.78, 5) is 5.15. The highest BCUT2D eigenvalue weighted by Crippen LogP contribution is 2.23. The molecule has 3 nitrogen and oxygen atoms in total. The molecule has 0 aliphatic carbocycles. The van der Waals surface area contributed by atoms with Gasteiger partial charge in [-0.3, -0.25) is 4.90 Å². The maximum Gasteiger partial charge on any atom is 0.0366 e. The molecule has 1 N–H and O–H groups in total. The van der Waals surface area contributed by atoms with E-state index in [1.807, 2.05) is 0 Å². The summed E-state index contributed by atoms with van der Waals surface area (Å²) in [5, 5.41) is 3.47. The van der Waals surface area contributed by atoms with Crippen molar-refractivity contribution >= 4 is 5.69 Å². The van der Waals surface area contributed by atoms with Crippen molar-refractivity contribution in [2.45, 2.75) is 31.3 Å². The summed E-state index contributed by atoms with van der Waals surface area (Å²) in [6.45, 7) is 4.76. The van der Waals surface area contributed by atoms with Gasteiger partial charge in [-0.05, 0) is 45.0 Å². The molecule has 0 aromatic heterocycles. The number of benzene rings is 1. The van der Waals surface area contributed by atoms with Crippen LogP contribution in [-0.2, 0) is 0 Å². The standard InChI is InChI=1S/C16H25N3/c1-18(16-7-10-17-13-16)14-8-11-19(12-9-14)15-5-3-2-4-6-15/h2-6,14,16-17H,7-13H2,1H3. The Morgan fingerprint density at radius 3 is 2.42 bits per heavy atom. The molecule has 2 saturated heterocycles. The predicted octanol–water partition coefficient (Wildman–Crippen LogP) is 1.95. The summed E-state index contributed by atoms with van der Waals surface area (Å²) in [7, 11) is 2.32. The van der Waals surface area contributed by atoms with Gasteiger partial charge in [0.2, 0.25) is 0 Å². The van der Waals surface area contributed by atoms with E-state index in [0.29, 0.717) is 0 Å². The van der Waals surface area contributed by atoms with Gasteiger partial charge in [0.05, 0.1) is 0 Å². The minimum absolute atomic E-state index is 0.758. The number of anilines is 1. The zero-order chi connectivity index (χ0) is 13.1. The summed E-state index contributed by atoms with van der Waals surface area (Å²) in [6, 6.07) is 12.3. The molecule has 104 valence electrons. The Morgan fingerprint density at radius 2 is 1.79 bits per heavy atom. The van der Waals surface area contributed by atoms with Crippen molar-refractivity contribution in [3.8, 4) is 0 Å². The number of para-hydroxylation sites is 1. The Bertz CT molecular complexity index is 378. The summed E-state index contributed by atoms with van der Waals surface area (Å²) in [6.07, 6.45) is 3.90. The van der Waals surface area contributed by atoms with E-state index in [1.54, 1.807) is 0 Å². The highest BCUT2D eigenvalue weighted by Gasteiger charge is 2.28. The van der Waals surface area contributed by atoms with Crippen LogP contribution in [0.5, 0.6) is 0 Å². The zero-order valence-electron chi connectivity index (χ0n) is 11.9. The van der Waals surface area contributed by atoms with E-state index in [4.69, 9.17) is 0 Å². The van der Waals surface area contributed by atoms with Crippen molar-refractivity contribution in [2.24, 2.45) is 0 Å². The Morgan fingerprint density at radius 1 is 1.05 bits per heavy atom. The molecule has 1 unspecified atom stereocenters. The first-order chi connectivity index (χ1) is 9.34. The quantitative estimate of drug-likeness (QED) is 0.895. The molecular weight excluding hydrogens is 234 g/mol. The maximum atomic E-state index is 3.47. The van der Waals surface area contributed by atoms with Gasteiger partial charge in [-0.25, -0.2) is 0 Å². The van der Waals surface area contributed by atoms with Crippen LogP contribution in [0.1, 0.15) is 19.3 Å². The third-order valence-corrected chi connectivity index (χ3v) is 4.77. The Balaban J connectivity index is 1.54. The first-order valence-corrected chi connectivity index (χ1v) is 7.57. The van der Waals surface area contributed by atoms with Gasteiger partial charge in [-0.2, -0.15) is 0 Å². The number of rotatable bonds is 3. The van der Waals surface area contributed by atoms with Gasteiger partial charge in [0.1, 0.15) is 0 Å². The van der Waals surface area contributed by atoms with Gasteiger partial charge in [-0.15, -0.1) is 0 Å². The average Bonchev–Trinajstić information content (AvgIpc) is 3.02. The molecule has 2 fully saturated rings. The number of likely N-dealkylation sites (N-methyl/N-ethyl adjacent to an activating group) is 1. The van der Waals surface area contributed by atoms with Gasteiger partial charge in [0, 0.05) is 37.4 Å². The number of hydrogen-bond donors (Lipinski definition) is 1. The fourth-order valence-electron chi connectivity index (χ4n) is 3.46. The zero-order valence-corrected chi connectivity index (χ0v) is 11.9. The first kappa shape index (κ1) is 12.9. The molecule has 3 rings (SSSR count). The molecule has 1 aromatic carbocycles. The van der Waals surface area contributed by atoms with Gasteiger partial charge in [0.25, 0.3) is 0 Å². The maximum absolute atomic E-state index is 3.47. The molecule has 0 bridgehead atoms. The highest BCUT2D eigenvalue weighted by molar-refractivity contribution is 5.46. The summed E-state index contributed by atoms with van der Waals surface area (Å²) in [5.41, 5.74) is 1.38. The van der Waals surface area contributed by atoms with Crippen LogP contribution < -0.4 is 10.2 Å². The van der Waals surface area contributed by atoms with Gasteiger partial charge in [-0.1, -0.05) is 18.2 Å². The lowest BCUT2D eigenvalue weighted by Crippen LogP contribution is -2.47. The van der Waals surface area contributed by atoms with Crippen molar-refractivity contribution in [3.05, 3.63) is 30.3 Å². The molecule has 0 amide bonds.